The van der Waals surface area contributed by atoms with Crippen molar-refractivity contribution in [3.05, 3.63) is 52.2 Å². The van der Waals surface area contributed by atoms with Gasteiger partial charge in [0.1, 0.15) is 10.9 Å². The maximum Gasteiger partial charge on any atom is 0.261 e. The van der Waals surface area contributed by atoms with Gasteiger partial charge in [0.2, 0.25) is 0 Å². The molecule has 3 aromatic rings. The number of aromatic nitrogens is 4. The lowest BCUT2D eigenvalue weighted by molar-refractivity contribution is 0.703. The fraction of sp³-hybridized carbons (Fsp3) is 0.368. The second-order valence-corrected chi connectivity index (χ2v) is 7.66. The van der Waals surface area contributed by atoms with Crippen LogP contribution in [0.4, 0.5) is 0 Å². The van der Waals surface area contributed by atoms with Crippen LogP contribution in [0.2, 0.25) is 0 Å². The Morgan fingerprint density at radius 2 is 1.72 bits per heavy atom. The van der Waals surface area contributed by atoms with Crippen molar-refractivity contribution in [3.8, 4) is 0 Å². The maximum absolute atomic E-state index is 12.6. The van der Waals surface area contributed by atoms with E-state index in [0.717, 1.165) is 16.5 Å². The van der Waals surface area contributed by atoms with E-state index in [9.17, 15) is 4.79 Å². The van der Waals surface area contributed by atoms with E-state index in [1.54, 1.807) is 17.7 Å². The van der Waals surface area contributed by atoms with Gasteiger partial charge in [-0.3, -0.25) is 9.36 Å². The molecule has 0 spiro atoms. The summed E-state index contributed by atoms with van der Waals surface area (Å²) in [6.07, 6.45) is 0. The monoisotopic (exact) mass is 354 g/mol. The molecule has 0 fully saturated rings. The van der Waals surface area contributed by atoms with E-state index in [-0.39, 0.29) is 11.5 Å². The minimum Gasteiger partial charge on any atom is -0.290 e. The van der Waals surface area contributed by atoms with E-state index in [4.69, 9.17) is 0 Å². The van der Waals surface area contributed by atoms with Crippen LogP contribution in [-0.2, 0) is 7.05 Å². The van der Waals surface area contributed by atoms with Crippen molar-refractivity contribution in [1.29, 1.82) is 0 Å². The third-order valence-electron chi connectivity index (χ3n) is 3.99. The van der Waals surface area contributed by atoms with Crippen molar-refractivity contribution in [2.45, 2.75) is 49.7 Å². The highest BCUT2D eigenvalue weighted by atomic mass is 32.2. The van der Waals surface area contributed by atoms with Gasteiger partial charge in [-0.25, -0.2) is 15.0 Å². The van der Waals surface area contributed by atoms with E-state index in [2.05, 4.69) is 42.6 Å². The molecule has 0 aliphatic heterocycles. The largest absolute Gasteiger partial charge is 0.290 e. The molecule has 3 rings (SSSR count). The molecule has 1 aromatic carbocycles. The fourth-order valence-electron chi connectivity index (χ4n) is 2.45. The third-order valence-corrected chi connectivity index (χ3v) is 4.95. The van der Waals surface area contributed by atoms with Gasteiger partial charge in [0.25, 0.3) is 5.56 Å². The minimum atomic E-state index is -0.0460. The van der Waals surface area contributed by atoms with Crippen LogP contribution in [0.25, 0.3) is 10.9 Å². The van der Waals surface area contributed by atoms with Crippen LogP contribution in [0.3, 0.4) is 0 Å². The van der Waals surface area contributed by atoms with Crippen molar-refractivity contribution in [1.82, 2.24) is 19.5 Å². The highest BCUT2D eigenvalue weighted by molar-refractivity contribution is 7.99. The summed E-state index contributed by atoms with van der Waals surface area (Å²) in [5.74, 6) is 1.37. The standard InChI is InChI=1S/C19H22N4OS/c1-11(2)15-10-16(22-17(20-15)12(3)4)25-19-21-14-9-7-6-8-13(14)18(24)23(19)5/h6-12H,1-5H3. The second kappa shape index (κ2) is 6.96. The molecular formula is C19H22N4OS. The summed E-state index contributed by atoms with van der Waals surface area (Å²) >= 11 is 1.41. The molecule has 0 saturated heterocycles. The first kappa shape index (κ1) is 17.6. The molecular weight excluding hydrogens is 332 g/mol. The summed E-state index contributed by atoms with van der Waals surface area (Å²) in [7, 11) is 1.75. The Labute approximate surface area is 151 Å². The van der Waals surface area contributed by atoms with Gasteiger partial charge in [-0.15, -0.1) is 0 Å². The first-order valence-electron chi connectivity index (χ1n) is 8.39. The summed E-state index contributed by atoms with van der Waals surface area (Å²) in [5.41, 5.74) is 1.66. The molecule has 0 bridgehead atoms. The molecule has 0 saturated carbocycles. The average Bonchev–Trinajstić information content (AvgIpc) is 2.59. The summed E-state index contributed by atoms with van der Waals surface area (Å²) in [6, 6.07) is 9.40. The molecule has 0 aliphatic carbocycles. The lowest BCUT2D eigenvalue weighted by Gasteiger charge is -2.13. The van der Waals surface area contributed by atoms with Crippen LogP contribution < -0.4 is 5.56 Å². The summed E-state index contributed by atoms with van der Waals surface area (Å²) in [6.45, 7) is 8.39. The van der Waals surface area contributed by atoms with Gasteiger partial charge in [-0.2, -0.15) is 0 Å². The van der Waals surface area contributed by atoms with Gasteiger partial charge in [0, 0.05) is 18.7 Å². The van der Waals surface area contributed by atoms with Crippen molar-refractivity contribution in [2.24, 2.45) is 7.05 Å². The zero-order valence-corrected chi connectivity index (χ0v) is 16.0. The molecule has 2 aromatic heterocycles. The Morgan fingerprint density at radius 1 is 1.00 bits per heavy atom. The Morgan fingerprint density at radius 3 is 2.40 bits per heavy atom. The topological polar surface area (TPSA) is 60.7 Å². The third kappa shape index (κ3) is 3.58. The van der Waals surface area contributed by atoms with Gasteiger partial charge in [-0.1, -0.05) is 39.8 Å². The number of para-hydroxylation sites is 1. The van der Waals surface area contributed by atoms with Crippen LogP contribution >= 0.6 is 11.8 Å². The molecule has 5 nitrogen and oxygen atoms in total. The average molecular weight is 354 g/mol. The van der Waals surface area contributed by atoms with Gasteiger partial charge < -0.3 is 0 Å². The Hall–Kier alpha value is -2.21. The van der Waals surface area contributed by atoms with Gasteiger partial charge in [0.15, 0.2) is 5.16 Å². The summed E-state index contributed by atoms with van der Waals surface area (Å²) < 4.78 is 1.58. The van der Waals surface area contributed by atoms with Gasteiger partial charge >= 0.3 is 0 Å². The van der Waals surface area contributed by atoms with E-state index in [0.29, 0.717) is 22.0 Å². The van der Waals surface area contributed by atoms with E-state index < -0.39 is 0 Å². The number of benzene rings is 1. The summed E-state index contributed by atoms with van der Waals surface area (Å²) in [4.78, 5) is 26.5. The normalized spacial score (nSPS) is 11.6. The molecule has 130 valence electrons. The summed E-state index contributed by atoms with van der Waals surface area (Å²) in [5, 5.41) is 2.08. The van der Waals surface area contributed by atoms with Crippen molar-refractivity contribution in [2.75, 3.05) is 0 Å². The van der Waals surface area contributed by atoms with Crippen LogP contribution in [0.1, 0.15) is 51.0 Å². The molecule has 0 N–H and O–H groups in total. The fourth-order valence-corrected chi connectivity index (χ4v) is 3.32. The lowest BCUT2D eigenvalue weighted by Crippen LogP contribution is -2.20. The van der Waals surface area contributed by atoms with Crippen molar-refractivity contribution in [3.63, 3.8) is 0 Å². The van der Waals surface area contributed by atoms with Gasteiger partial charge in [-0.05, 0) is 35.9 Å². The van der Waals surface area contributed by atoms with Crippen LogP contribution in [-0.4, -0.2) is 19.5 Å². The van der Waals surface area contributed by atoms with Crippen LogP contribution in [0.15, 0.2) is 45.3 Å². The quantitative estimate of drug-likeness (QED) is 0.521. The first-order chi connectivity index (χ1) is 11.9. The molecule has 2 heterocycles. The van der Waals surface area contributed by atoms with Crippen molar-refractivity contribution < 1.29 is 0 Å². The van der Waals surface area contributed by atoms with E-state index in [1.165, 1.54) is 11.8 Å². The molecule has 0 aliphatic rings. The van der Waals surface area contributed by atoms with Crippen LogP contribution in [0, 0.1) is 0 Å². The Balaban J connectivity index is 2.09. The molecule has 0 radical (unpaired) electrons. The van der Waals surface area contributed by atoms with Crippen molar-refractivity contribution >= 4 is 22.7 Å². The highest BCUT2D eigenvalue weighted by Gasteiger charge is 2.14. The molecule has 0 unspecified atom stereocenters. The predicted molar refractivity (Wildman–Crippen MR) is 101 cm³/mol. The maximum atomic E-state index is 12.6. The SMILES string of the molecule is CC(C)c1cc(Sc2nc3ccccc3c(=O)n2C)nc(C(C)C)n1. The molecule has 0 atom stereocenters. The second-order valence-electron chi connectivity index (χ2n) is 6.68. The van der Waals surface area contributed by atoms with E-state index in [1.807, 2.05) is 24.3 Å². The highest BCUT2D eigenvalue weighted by Crippen LogP contribution is 2.28. The first-order valence-corrected chi connectivity index (χ1v) is 9.21. The number of nitrogens with zero attached hydrogens (tertiary/aromatic N) is 4. The van der Waals surface area contributed by atoms with Gasteiger partial charge in [0.05, 0.1) is 10.9 Å². The number of hydrogen-bond acceptors (Lipinski definition) is 5. The molecule has 6 heteroatoms. The molecule has 0 amide bonds. The number of fused-ring (bicyclic) bond motifs is 1. The number of rotatable bonds is 4. The Kier molecular flexibility index (Phi) is 4.90. The molecule has 25 heavy (non-hydrogen) atoms. The number of hydrogen-bond donors (Lipinski definition) is 0. The Bertz CT molecular complexity index is 953. The zero-order chi connectivity index (χ0) is 18.1. The van der Waals surface area contributed by atoms with Crippen LogP contribution in [0.5, 0.6) is 0 Å². The minimum absolute atomic E-state index is 0.0460. The smallest absolute Gasteiger partial charge is 0.261 e. The predicted octanol–water partition coefficient (Wildman–Crippen LogP) is 4.12. The van der Waals surface area contributed by atoms with E-state index >= 15 is 0 Å². The lowest BCUT2D eigenvalue weighted by atomic mass is 10.1. The zero-order valence-electron chi connectivity index (χ0n) is 15.1.